The Kier molecular flexibility index (Phi) is 5.31. The van der Waals surface area contributed by atoms with Gasteiger partial charge in [0.05, 0.1) is 30.0 Å². The molecule has 1 aromatic carbocycles. The fourth-order valence-electron chi connectivity index (χ4n) is 3.50. The fraction of sp³-hybridized carbons (Fsp3) is 0.130. The summed E-state index contributed by atoms with van der Waals surface area (Å²) in [5, 5.41) is 13.6. The Morgan fingerprint density at radius 2 is 1.74 bits per heavy atom. The second kappa shape index (κ2) is 8.41. The Morgan fingerprint density at radius 3 is 2.42 bits per heavy atom. The van der Waals surface area contributed by atoms with E-state index in [1.807, 2.05) is 77.2 Å². The van der Waals surface area contributed by atoms with Gasteiger partial charge in [0.25, 0.3) is 5.91 Å². The fourth-order valence-corrected chi connectivity index (χ4v) is 4.94. The summed E-state index contributed by atoms with van der Waals surface area (Å²) in [6.45, 7) is 2.97. The van der Waals surface area contributed by atoms with E-state index in [1.54, 1.807) is 33.6 Å². The number of hydrogen-bond donors (Lipinski definition) is 0. The van der Waals surface area contributed by atoms with E-state index in [1.165, 1.54) is 0 Å². The van der Waals surface area contributed by atoms with E-state index >= 15 is 0 Å². The van der Waals surface area contributed by atoms with Gasteiger partial charge in [-0.25, -0.2) is 4.68 Å². The van der Waals surface area contributed by atoms with E-state index in [0.29, 0.717) is 18.8 Å². The van der Waals surface area contributed by atoms with Gasteiger partial charge in [-0.2, -0.15) is 0 Å². The molecule has 0 fully saturated rings. The number of thiophene rings is 2. The molecule has 0 N–H and O–H groups in total. The highest BCUT2D eigenvalue weighted by Gasteiger charge is 2.24. The predicted molar refractivity (Wildman–Crippen MR) is 124 cm³/mol. The molecule has 0 spiro atoms. The molecule has 0 saturated heterocycles. The zero-order valence-electron chi connectivity index (χ0n) is 16.8. The van der Waals surface area contributed by atoms with Crippen molar-refractivity contribution in [2.24, 2.45) is 0 Å². The molecule has 0 bridgehead atoms. The van der Waals surface area contributed by atoms with Crippen LogP contribution in [0.15, 0.2) is 71.6 Å². The molecule has 4 aromatic heterocycles. The van der Waals surface area contributed by atoms with E-state index in [-0.39, 0.29) is 5.91 Å². The van der Waals surface area contributed by atoms with Crippen molar-refractivity contribution in [1.29, 1.82) is 0 Å². The van der Waals surface area contributed by atoms with E-state index in [9.17, 15) is 4.79 Å². The van der Waals surface area contributed by atoms with E-state index in [0.717, 1.165) is 32.0 Å². The van der Waals surface area contributed by atoms with Gasteiger partial charge in [0.2, 0.25) is 0 Å². The molecule has 0 saturated carbocycles. The van der Waals surface area contributed by atoms with Gasteiger partial charge >= 0.3 is 0 Å². The molecule has 0 aliphatic rings. The van der Waals surface area contributed by atoms with Crippen LogP contribution in [0.5, 0.6) is 0 Å². The number of benzene rings is 1. The largest absolute Gasteiger partial charge is 0.327 e. The predicted octanol–water partition coefficient (Wildman–Crippen LogP) is 5.09. The summed E-state index contributed by atoms with van der Waals surface area (Å²) in [4.78, 5) is 22.0. The van der Waals surface area contributed by atoms with Crippen LogP contribution in [0.1, 0.15) is 25.9 Å². The minimum atomic E-state index is -0.118. The third-order valence-corrected chi connectivity index (χ3v) is 6.79. The lowest BCUT2D eigenvalue weighted by Gasteiger charge is -2.20. The van der Waals surface area contributed by atoms with Gasteiger partial charge in [-0.3, -0.25) is 9.78 Å². The molecule has 0 atom stereocenters. The summed E-state index contributed by atoms with van der Waals surface area (Å²) in [6, 6.07) is 17.9. The smallest absolute Gasteiger partial charge is 0.276 e. The van der Waals surface area contributed by atoms with Gasteiger partial charge in [0.1, 0.15) is 0 Å². The molecule has 0 aliphatic carbocycles. The molecule has 31 heavy (non-hydrogen) atoms. The Hall–Kier alpha value is -3.36. The van der Waals surface area contributed by atoms with Gasteiger partial charge in [0, 0.05) is 21.3 Å². The summed E-state index contributed by atoms with van der Waals surface area (Å²) < 4.78 is 1.72. The highest BCUT2D eigenvalue weighted by molar-refractivity contribution is 7.10. The summed E-state index contributed by atoms with van der Waals surface area (Å²) in [7, 11) is 0. The van der Waals surface area contributed by atoms with Crippen LogP contribution in [-0.4, -0.2) is 30.8 Å². The molecule has 1 amide bonds. The van der Waals surface area contributed by atoms with Crippen molar-refractivity contribution < 1.29 is 4.79 Å². The van der Waals surface area contributed by atoms with Crippen LogP contribution >= 0.6 is 22.7 Å². The van der Waals surface area contributed by atoms with Crippen molar-refractivity contribution in [2.45, 2.75) is 20.0 Å². The average Bonchev–Trinajstić information content (AvgIpc) is 3.55. The normalized spacial score (nSPS) is 11.1. The van der Waals surface area contributed by atoms with Crippen LogP contribution in [0, 0.1) is 6.92 Å². The third kappa shape index (κ3) is 3.99. The monoisotopic (exact) mass is 445 g/mol. The van der Waals surface area contributed by atoms with Gasteiger partial charge < -0.3 is 4.90 Å². The Bertz CT molecular complexity index is 1290. The Labute approximate surface area is 187 Å². The lowest BCUT2D eigenvalue weighted by molar-refractivity contribution is 0.0726. The first-order valence-corrected chi connectivity index (χ1v) is 11.6. The molecule has 0 radical (unpaired) electrons. The zero-order valence-corrected chi connectivity index (χ0v) is 18.4. The Morgan fingerprint density at radius 1 is 1.00 bits per heavy atom. The molecular formula is C23H19N5OS2. The SMILES string of the molecule is Cc1c(C(=O)N(Cc2cccs2)Cc2cccs2)nnn1-c1ccc2ncccc2c1. The van der Waals surface area contributed by atoms with Crippen molar-refractivity contribution in [3.05, 3.63) is 92.7 Å². The van der Waals surface area contributed by atoms with Gasteiger partial charge in [-0.15, -0.1) is 27.8 Å². The van der Waals surface area contributed by atoms with Crippen molar-refractivity contribution in [3.8, 4) is 5.69 Å². The number of amides is 1. The summed E-state index contributed by atoms with van der Waals surface area (Å²) in [5.74, 6) is -0.118. The number of fused-ring (bicyclic) bond motifs is 1. The molecular weight excluding hydrogens is 426 g/mol. The van der Waals surface area contributed by atoms with Gasteiger partial charge in [-0.1, -0.05) is 23.4 Å². The van der Waals surface area contributed by atoms with Crippen molar-refractivity contribution >= 4 is 39.5 Å². The van der Waals surface area contributed by atoms with Crippen LogP contribution < -0.4 is 0 Å². The number of carbonyl (C=O) groups is 1. The van der Waals surface area contributed by atoms with E-state index in [2.05, 4.69) is 15.3 Å². The molecule has 5 aromatic rings. The zero-order chi connectivity index (χ0) is 21.2. The average molecular weight is 446 g/mol. The standard InChI is InChI=1S/C23H19N5OS2/c1-16-22(25-26-28(16)18-8-9-21-17(13-18)5-2-10-24-21)23(29)27(14-19-6-3-11-30-19)15-20-7-4-12-31-20/h2-13H,14-15H2,1H3. The topological polar surface area (TPSA) is 63.9 Å². The molecule has 154 valence electrons. The van der Waals surface area contributed by atoms with Crippen LogP contribution in [0.4, 0.5) is 0 Å². The number of aromatic nitrogens is 4. The van der Waals surface area contributed by atoms with E-state index < -0.39 is 0 Å². The van der Waals surface area contributed by atoms with Crippen LogP contribution in [-0.2, 0) is 13.1 Å². The van der Waals surface area contributed by atoms with Crippen LogP contribution in [0.2, 0.25) is 0 Å². The minimum absolute atomic E-state index is 0.118. The summed E-state index contributed by atoms with van der Waals surface area (Å²) in [5.41, 5.74) is 2.86. The first-order valence-electron chi connectivity index (χ1n) is 9.80. The third-order valence-electron chi connectivity index (χ3n) is 5.07. The van der Waals surface area contributed by atoms with Crippen molar-refractivity contribution in [3.63, 3.8) is 0 Å². The minimum Gasteiger partial charge on any atom is -0.327 e. The van der Waals surface area contributed by atoms with Crippen molar-refractivity contribution in [1.82, 2.24) is 24.9 Å². The summed E-state index contributed by atoms with van der Waals surface area (Å²) >= 11 is 3.29. The maximum absolute atomic E-state index is 13.5. The molecule has 4 heterocycles. The Balaban J connectivity index is 1.47. The first kappa shape index (κ1) is 19.6. The van der Waals surface area contributed by atoms with Crippen LogP contribution in [0.25, 0.3) is 16.6 Å². The summed E-state index contributed by atoms with van der Waals surface area (Å²) in [6.07, 6.45) is 1.77. The highest BCUT2D eigenvalue weighted by atomic mass is 32.1. The number of hydrogen-bond acceptors (Lipinski definition) is 6. The molecule has 8 heteroatoms. The number of carbonyl (C=O) groups excluding carboxylic acids is 1. The molecule has 0 unspecified atom stereocenters. The van der Waals surface area contributed by atoms with Gasteiger partial charge in [-0.05, 0) is 54.1 Å². The number of nitrogens with zero attached hydrogens (tertiary/aromatic N) is 5. The second-order valence-electron chi connectivity index (χ2n) is 7.14. The lowest BCUT2D eigenvalue weighted by atomic mass is 10.2. The van der Waals surface area contributed by atoms with E-state index in [4.69, 9.17) is 0 Å². The number of rotatable bonds is 6. The number of pyridine rings is 1. The molecule has 0 aliphatic heterocycles. The van der Waals surface area contributed by atoms with Crippen molar-refractivity contribution in [2.75, 3.05) is 0 Å². The highest BCUT2D eigenvalue weighted by Crippen LogP contribution is 2.22. The maximum atomic E-state index is 13.5. The molecule has 5 rings (SSSR count). The first-order chi connectivity index (χ1) is 15.2. The molecule has 6 nitrogen and oxygen atoms in total. The maximum Gasteiger partial charge on any atom is 0.276 e. The second-order valence-corrected chi connectivity index (χ2v) is 9.20. The lowest BCUT2D eigenvalue weighted by Crippen LogP contribution is -2.30. The quantitative estimate of drug-likeness (QED) is 0.365. The van der Waals surface area contributed by atoms with Crippen LogP contribution in [0.3, 0.4) is 0 Å². The van der Waals surface area contributed by atoms with Gasteiger partial charge in [0.15, 0.2) is 5.69 Å².